The second kappa shape index (κ2) is 11.4. The molecule has 4 aliphatic rings. The van der Waals surface area contributed by atoms with Crippen LogP contribution >= 0.6 is 23.1 Å². The molecule has 7 atom stereocenters. The van der Waals surface area contributed by atoms with Crippen LogP contribution in [0.3, 0.4) is 0 Å². The van der Waals surface area contributed by atoms with E-state index in [0.29, 0.717) is 22.9 Å². The smallest absolute Gasteiger partial charge is 0.418 e. The van der Waals surface area contributed by atoms with Gasteiger partial charge in [0.1, 0.15) is 5.75 Å². The molecule has 2 N–H and O–H groups in total. The molecular weight excluding hydrogens is 664 g/mol. The van der Waals surface area contributed by atoms with Crippen molar-refractivity contribution >= 4 is 52.2 Å². The van der Waals surface area contributed by atoms with E-state index in [1.54, 1.807) is 24.3 Å². The number of ether oxygens (including phenoxy) is 1. The van der Waals surface area contributed by atoms with Crippen LogP contribution in [-0.2, 0) is 20.6 Å². The van der Waals surface area contributed by atoms with E-state index >= 15 is 0 Å². The number of thiazole rings is 1. The number of carbonyl (C=O) groups is 3. The van der Waals surface area contributed by atoms with Crippen molar-refractivity contribution in [3.05, 3.63) is 104 Å². The molecule has 48 heavy (non-hydrogen) atoms. The highest BCUT2D eigenvalue weighted by Gasteiger charge is 2.70. The Kier molecular flexibility index (Phi) is 7.33. The number of aryl methyl sites for hydroxylation is 1. The van der Waals surface area contributed by atoms with E-state index in [0.717, 1.165) is 38.3 Å². The maximum absolute atomic E-state index is 14.1. The second-order valence-electron chi connectivity index (χ2n) is 12.7. The van der Waals surface area contributed by atoms with Crippen molar-refractivity contribution in [2.24, 2.45) is 29.6 Å². The van der Waals surface area contributed by atoms with Gasteiger partial charge < -0.3 is 15.0 Å². The highest BCUT2D eigenvalue weighted by Crippen LogP contribution is 2.69. The summed E-state index contributed by atoms with van der Waals surface area (Å²) in [6.45, 7) is 1.68. The zero-order valence-corrected chi connectivity index (χ0v) is 27.0. The topological polar surface area (TPSA) is 109 Å². The largest absolute Gasteiger partial charge is 0.483 e. The predicted molar refractivity (Wildman–Crippen MR) is 174 cm³/mol. The van der Waals surface area contributed by atoms with E-state index in [1.165, 1.54) is 30.0 Å². The van der Waals surface area contributed by atoms with Crippen molar-refractivity contribution in [1.82, 2.24) is 4.98 Å². The number of aromatic nitrogens is 1. The summed E-state index contributed by atoms with van der Waals surface area (Å²) < 4.78 is 48.1. The van der Waals surface area contributed by atoms with Gasteiger partial charge in [-0.15, -0.1) is 11.8 Å². The third kappa shape index (κ3) is 4.89. The van der Waals surface area contributed by atoms with Crippen molar-refractivity contribution in [3.8, 4) is 5.75 Å². The van der Waals surface area contributed by atoms with Crippen molar-refractivity contribution in [3.63, 3.8) is 0 Å². The summed E-state index contributed by atoms with van der Waals surface area (Å²) in [4.78, 5) is 57.8. The minimum absolute atomic E-state index is 0.175. The van der Waals surface area contributed by atoms with Crippen LogP contribution in [0, 0.1) is 36.5 Å². The van der Waals surface area contributed by atoms with E-state index in [9.17, 15) is 32.3 Å². The molecular formula is C35H28F3N3O5S2. The molecule has 3 aromatic carbocycles. The monoisotopic (exact) mass is 691 g/mol. The molecule has 0 spiro atoms. The van der Waals surface area contributed by atoms with Crippen LogP contribution in [0.5, 0.6) is 5.75 Å². The molecule has 2 aliphatic carbocycles. The van der Waals surface area contributed by atoms with Gasteiger partial charge in [0, 0.05) is 27.3 Å². The lowest BCUT2D eigenvalue weighted by molar-refractivity contribution is -0.137. The summed E-state index contributed by atoms with van der Waals surface area (Å²) >= 11 is 2.56. The Labute approximate surface area is 280 Å². The highest BCUT2D eigenvalue weighted by atomic mass is 32.2. The van der Waals surface area contributed by atoms with Crippen LogP contribution in [0.4, 0.5) is 24.5 Å². The van der Waals surface area contributed by atoms with E-state index in [4.69, 9.17) is 4.74 Å². The molecule has 1 saturated heterocycles. The van der Waals surface area contributed by atoms with E-state index in [-0.39, 0.29) is 40.4 Å². The molecule has 2 bridgehead atoms. The lowest BCUT2D eigenvalue weighted by Gasteiger charge is -2.43. The van der Waals surface area contributed by atoms with Crippen molar-refractivity contribution in [1.29, 1.82) is 0 Å². The Hall–Kier alpha value is -4.36. The SMILES string of the molecule is Cc1ccc(NC(=O)COc2ccccc2[C@H]2c3sc(=O)[nH]c3SC3C4CC(C5C(=O)N(c6ccccc6C(F)(F)F)C(=O)C45)C32)cc1. The van der Waals surface area contributed by atoms with Gasteiger partial charge in [0.2, 0.25) is 11.8 Å². The molecule has 1 aromatic heterocycles. The number of hydrogen-bond donors (Lipinski definition) is 2. The fourth-order valence-electron chi connectivity index (χ4n) is 8.36. The number of halogens is 3. The Morgan fingerprint density at radius 1 is 0.958 bits per heavy atom. The zero-order chi connectivity index (χ0) is 33.5. The van der Waals surface area contributed by atoms with E-state index in [2.05, 4.69) is 10.3 Å². The zero-order valence-electron chi connectivity index (χ0n) is 25.3. The van der Waals surface area contributed by atoms with Crippen molar-refractivity contribution in [2.45, 2.75) is 35.7 Å². The van der Waals surface area contributed by atoms with Gasteiger partial charge in [0.25, 0.3) is 5.91 Å². The number of amides is 3. The molecule has 6 unspecified atom stereocenters. The molecule has 8 nitrogen and oxygen atoms in total. The molecule has 4 aromatic rings. The first-order valence-corrected chi connectivity index (χ1v) is 17.2. The number of fused-ring (bicyclic) bond motifs is 9. The quantitative estimate of drug-likeness (QED) is 0.225. The maximum atomic E-state index is 14.1. The number of nitrogens with zero attached hydrogens (tertiary/aromatic N) is 1. The standard InChI is InChI=1S/C35H28F3N3O5S2/c1-16-10-12-17(13-11-16)39-24(42)15-46-23-9-5-2-6-18(23)25-26-19-14-20(29(26)47-31-30(25)48-34(45)40-31)28-27(19)32(43)41(33(28)44)22-8-4-3-7-21(22)35(36,37)38/h2-13,19-20,25-29H,14-15H2,1H3,(H,39,42)(H,40,45)/t19?,20?,25-,26?,27?,28?,29?/m1/s1. The molecule has 13 heteroatoms. The maximum Gasteiger partial charge on any atom is 0.418 e. The number of thioether (sulfide) groups is 1. The first kappa shape index (κ1) is 30.9. The number of imide groups is 1. The second-order valence-corrected chi connectivity index (χ2v) is 14.9. The Balaban J connectivity index is 1.13. The number of H-pyrrole nitrogens is 1. The number of rotatable bonds is 6. The average molecular weight is 692 g/mol. The third-order valence-corrected chi connectivity index (χ3v) is 12.7. The van der Waals surface area contributed by atoms with Crippen LogP contribution in [0.1, 0.15) is 33.9 Å². The van der Waals surface area contributed by atoms with Gasteiger partial charge in [-0.2, -0.15) is 13.2 Å². The summed E-state index contributed by atoms with van der Waals surface area (Å²) in [5.74, 6) is -3.84. The fourth-order valence-corrected chi connectivity index (χ4v) is 11.2. The molecule has 0 radical (unpaired) electrons. The lowest BCUT2D eigenvalue weighted by Crippen LogP contribution is -2.42. The number of carbonyl (C=O) groups excluding carboxylic acids is 3. The Bertz CT molecular complexity index is 2030. The number of anilines is 2. The van der Waals surface area contributed by atoms with Gasteiger partial charge in [-0.3, -0.25) is 19.2 Å². The van der Waals surface area contributed by atoms with Gasteiger partial charge in [-0.05, 0) is 61.4 Å². The third-order valence-electron chi connectivity index (χ3n) is 10.1. The van der Waals surface area contributed by atoms with Gasteiger partial charge in [-0.1, -0.05) is 59.4 Å². The van der Waals surface area contributed by atoms with Gasteiger partial charge >= 0.3 is 11.0 Å². The Morgan fingerprint density at radius 3 is 2.40 bits per heavy atom. The molecule has 2 aliphatic heterocycles. The Morgan fingerprint density at radius 2 is 1.65 bits per heavy atom. The number of hydrogen-bond acceptors (Lipinski definition) is 7. The normalized spacial score (nSPS) is 27.1. The van der Waals surface area contributed by atoms with Crippen LogP contribution in [0.25, 0.3) is 0 Å². The van der Waals surface area contributed by atoms with Crippen molar-refractivity contribution < 1.29 is 32.3 Å². The summed E-state index contributed by atoms with van der Waals surface area (Å²) in [5.41, 5.74) is 0.971. The predicted octanol–water partition coefficient (Wildman–Crippen LogP) is 6.46. The van der Waals surface area contributed by atoms with E-state index in [1.807, 2.05) is 31.2 Å². The van der Waals surface area contributed by atoms with Crippen molar-refractivity contribution in [2.75, 3.05) is 16.8 Å². The minimum Gasteiger partial charge on any atom is -0.483 e. The first-order valence-electron chi connectivity index (χ1n) is 15.5. The molecule has 2 saturated carbocycles. The van der Waals surface area contributed by atoms with Crippen LogP contribution < -0.4 is 19.8 Å². The summed E-state index contributed by atoms with van der Waals surface area (Å²) in [6, 6.07) is 19.4. The highest BCUT2D eigenvalue weighted by molar-refractivity contribution is 8.00. The molecule has 3 fully saturated rings. The molecule has 3 amide bonds. The summed E-state index contributed by atoms with van der Waals surface area (Å²) in [6.07, 6.45) is -4.18. The van der Waals surface area contributed by atoms with Gasteiger partial charge in [0.05, 0.1) is 28.1 Å². The van der Waals surface area contributed by atoms with E-state index < -0.39 is 47.0 Å². The number of para-hydroxylation sites is 2. The summed E-state index contributed by atoms with van der Waals surface area (Å²) in [5, 5.41) is 3.33. The number of nitrogens with one attached hydrogen (secondary N) is 2. The number of benzene rings is 3. The molecule has 8 rings (SSSR count). The number of aromatic amines is 1. The van der Waals surface area contributed by atoms with Gasteiger partial charge in [-0.25, -0.2) is 4.90 Å². The summed E-state index contributed by atoms with van der Waals surface area (Å²) in [7, 11) is 0. The molecule has 3 heterocycles. The van der Waals surface area contributed by atoms with Crippen LogP contribution in [0.15, 0.2) is 82.6 Å². The fraction of sp³-hybridized carbons (Fsp3) is 0.314. The minimum atomic E-state index is -4.75. The molecule has 246 valence electrons. The van der Waals surface area contributed by atoms with Gasteiger partial charge in [0.15, 0.2) is 6.61 Å². The number of alkyl halides is 3. The average Bonchev–Trinajstić information content (AvgIpc) is 3.79. The lowest BCUT2D eigenvalue weighted by atomic mass is 9.68. The first-order chi connectivity index (χ1) is 23.0. The van der Waals surface area contributed by atoms with Crippen LogP contribution in [-0.4, -0.2) is 34.6 Å². The van der Waals surface area contributed by atoms with Crippen LogP contribution in [0.2, 0.25) is 0 Å².